The molecule has 0 aromatic carbocycles. The molecular weight excluding hydrogens is 258 g/mol. The number of carbonyl (C=O) groups is 1. The van der Waals surface area contributed by atoms with Gasteiger partial charge in [0.1, 0.15) is 6.04 Å². The molecular formula is C15H27NO2S. The Morgan fingerprint density at radius 3 is 2.74 bits per heavy atom. The first-order valence-electron chi connectivity index (χ1n) is 7.71. The van der Waals surface area contributed by atoms with Crippen molar-refractivity contribution in [3.8, 4) is 0 Å². The first-order chi connectivity index (χ1) is 9.24. The topological polar surface area (TPSA) is 40.5 Å². The Balaban J connectivity index is 1.95. The molecule has 2 aliphatic rings. The zero-order valence-corrected chi connectivity index (χ0v) is 12.8. The Morgan fingerprint density at radius 2 is 2.00 bits per heavy atom. The molecule has 2 fully saturated rings. The quantitative estimate of drug-likeness (QED) is 0.761. The number of carboxylic acids is 1. The maximum Gasteiger partial charge on any atom is 0.320 e. The molecule has 0 spiro atoms. The molecule has 4 heteroatoms. The Labute approximate surface area is 121 Å². The number of unbranched alkanes of at least 4 members (excludes halogenated alkanes) is 1. The van der Waals surface area contributed by atoms with Crippen LogP contribution in [0.1, 0.15) is 51.4 Å². The third kappa shape index (κ3) is 3.88. The minimum absolute atomic E-state index is 0.214. The van der Waals surface area contributed by atoms with E-state index in [4.69, 9.17) is 0 Å². The van der Waals surface area contributed by atoms with Crippen LogP contribution in [-0.4, -0.2) is 46.6 Å². The molecule has 110 valence electrons. The first-order valence-corrected chi connectivity index (χ1v) is 9.11. The minimum Gasteiger partial charge on any atom is -0.480 e. The normalized spacial score (nSPS) is 31.9. The first kappa shape index (κ1) is 15.2. The standard InChI is InChI=1S/C15H27NO2S/c1-19-11-5-4-10-16-13-7-3-2-6-12(13)8-9-14(16)15(17)18/h12-14H,2-11H2,1H3,(H,17,18). The van der Waals surface area contributed by atoms with E-state index in [2.05, 4.69) is 11.2 Å². The van der Waals surface area contributed by atoms with Gasteiger partial charge < -0.3 is 5.11 Å². The molecule has 1 aliphatic heterocycles. The highest BCUT2D eigenvalue weighted by Gasteiger charge is 2.40. The zero-order chi connectivity index (χ0) is 13.7. The molecule has 0 aromatic heterocycles. The fourth-order valence-electron chi connectivity index (χ4n) is 3.86. The van der Waals surface area contributed by atoms with Gasteiger partial charge in [-0.3, -0.25) is 9.69 Å². The van der Waals surface area contributed by atoms with E-state index in [0.29, 0.717) is 6.04 Å². The van der Waals surface area contributed by atoms with E-state index in [0.717, 1.165) is 31.7 Å². The fourth-order valence-corrected chi connectivity index (χ4v) is 4.35. The average molecular weight is 285 g/mol. The molecule has 1 heterocycles. The molecule has 0 amide bonds. The fraction of sp³-hybridized carbons (Fsp3) is 0.933. The summed E-state index contributed by atoms with van der Waals surface area (Å²) in [6.07, 6.45) is 11.7. The summed E-state index contributed by atoms with van der Waals surface area (Å²) in [6.45, 7) is 0.985. The molecule has 0 bridgehead atoms. The monoisotopic (exact) mass is 285 g/mol. The van der Waals surface area contributed by atoms with Crippen LogP contribution in [-0.2, 0) is 4.79 Å². The number of carboxylic acid groups (broad SMARTS) is 1. The predicted octanol–water partition coefficient (Wildman–Crippen LogP) is 3.24. The van der Waals surface area contributed by atoms with Gasteiger partial charge in [-0.2, -0.15) is 11.8 Å². The highest BCUT2D eigenvalue weighted by Crippen LogP contribution is 2.38. The van der Waals surface area contributed by atoms with Crippen LogP contribution in [0.15, 0.2) is 0 Å². The zero-order valence-electron chi connectivity index (χ0n) is 12.0. The second-order valence-electron chi connectivity index (χ2n) is 5.98. The van der Waals surface area contributed by atoms with Crippen LogP contribution >= 0.6 is 11.8 Å². The Kier molecular flexibility index (Phi) is 6.02. The Bertz CT molecular complexity index is 298. The van der Waals surface area contributed by atoms with E-state index >= 15 is 0 Å². The molecule has 0 radical (unpaired) electrons. The summed E-state index contributed by atoms with van der Waals surface area (Å²) in [5.74, 6) is 1.36. The number of thioether (sulfide) groups is 1. The summed E-state index contributed by atoms with van der Waals surface area (Å²) in [6, 6.07) is 0.339. The lowest BCUT2D eigenvalue weighted by Crippen LogP contribution is -2.55. The maximum absolute atomic E-state index is 11.5. The van der Waals surface area contributed by atoms with E-state index < -0.39 is 5.97 Å². The van der Waals surface area contributed by atoms with Gasteiger partial charge >= 0.3 is 5.97 Å². The molecule has 1 saturated carbocycles. The lowest BCUT2D eigenvalue weighted by molar-refractivity contribution is -0.148. The molecule has 1 aliphatic carbocycles. The van der Waals surface area contributed by atoms with Gasteiger partial charge in [-0.25, -0.2) is 0 Å². The second-order valence-corrected chi connectivity index (χ2v) is 6.97. The number of rotatable bonds is 6. The largest absolute Gasteiger partial charge is 0.480 e. The van der Waals surface area contributed by atoms with Crippen LogP contribution in [0, 0.1) is 5.92 Å². The summed E-state index contributed by atoms with van der Waals surface area (Å²) >= 11 is 1.88. The number of likely N-dealkylation sites (tertiary alicyclic amines) is 1. The van der Waals surface area contributed by atoms with Gasteiger partial charge in [-0.1, -0.05) is 12.8 Å². The van der Waals surface area contributed by atoms with Gasteiger partial charge in [-0.15, -0.1) is 0 Å². The Morgan fingerprint density at radius 1 is 1.21 bits per heavy atom. The number of hydrogen-bond donors (Lipinski definition) is 1. The van der Waals surface area contributed by atoms with E-state index in [1.807, 2.05) is 11.8 Å². The van der Waals surface area contributed by atoms with Crippen LogP contribution in [0.25, 0.3) is 0 Å². The summed E-state index contributed by atoms with van der Waals surface area (Å²) < 4.78 is 0. The number of fused-ring (bicyclic) bond motifs is 1. The lowest BCUT2D eigenvalue weighted by Gasteiger charge is -2.47. The van der Waals surface area contributed by atoms with Crippen molar-refractivity contribution in [2.24, 2.45) is 5.92 Å². The van der Waals surface area contributed by atoms with Crippen molar-refractivity contribution < 1.29 is 9.90 Å². The van der Waals surface area contributed by atoms with Crippen LogP contribution < -0.4 is 0 Å². The van der Waals surface area contributed by atoms with E-state index in [9.17, 15) is 9.90 Å². The van der Waals surface area contributed by atoms with Crippen molar-refractivity contribution in [1.29, 1.82) is 0 Å². The van der Waals surface area contributed by atoms with Gasteiger partial charge in [0, 0.05) is 6.04 Å². The summed E-state index contributed by atoms with van der Waals surface area (Å²) in [5.41, 5.74) is 0. The summed E-state index contributed by atoms with van der Waals surface area (Å²) in [4.78, 5) is 13.8. The van der Waals surface area contributed by atoms with Crippen molar-refractivity contribution in [2.45, 2.75) is 63.5 Å². The van der Waals surface area contributed by atoms with Crippen LogP contribution in [0.3, 0.4) is 0 Å². The third-order valence-electron chi connectivity index (χ3n) is 4.81. The van der Waals surface area contributed by atoms with Crippen molar-refractivity contribution >= 4 is 17.7 Å². The average Bonchev–Trinajstić information content (AvgIpc) is 2.43. The smallest absolute Gasteiger partial charge is 0.320 e. The third-order valence-corrected chi connectivity index (χ3v) is 5.50. The maximum atomic E-state index is 11.5. The number of nitrogens with zero attached hydrogens (tertiary/aromatic N) is 1. The second kappa shape index (κ2) is 7.53. The molecule has 3 atom stereocenters. The lowest BCUT2D eigenvalue weighted by atomic mass is 9.76. The van der Waals surface area contributed by atoms with Gasteiger partial charge in [0.25, 0.3) is 0 Å². The molecule has 1 saturated heterocycles. The molecule has 0 aromatic rings. The molecule has 3 unspecified atom stereocenters. The van der Waals surface area contributed by atoms with E-state index in [-0.39, 0.29) is 6.04 Å². The van der Waals surface area contributed by atoms with Crippen molar-refractivity contribution in [3.05, 3.63) is 0 Å². The van der Waals surface area contributed by atoms with Crippen molar-refractivity contribution in [1.82, 2.24) is 4.90 Å². The number of piperidine rings is 1. The highest BCUT2D eigenvalue weighted by atomic mass is 32.2. The molecule has 3 nitrogen and oxygen atoms in total. The Hall–Kier alpha value is -0.220. The molecule has 19 heavy (non-hydrogen) atoms. The van der Waals surface area contributed by atoms with Gasteiger partial charge in [0.2, 0.25) is 0 Å². The SMILES string of the molecule is CSCCCCN1C(C(=O)O)CCC2CCCCC21. The van der Waals surface area contributed by atoms with Crippen LogP contribution in [0.5, 0.6) is 0 Å². The molecule has 1 N–H and O–H groups in total. The van der Waals surface area contributed by atoms with Gasteiger partial charge in [-0.05, 0) is 63.0 Å². The van der Waals surface area contributed by atoms with E-state index in [1.165, 1.54) is 37.9 Å². The summed E-state index contributed by atoms with van der Waals surface area (Å²) in [5, 5.41) is 9.46. The van der Waals surface area contributed by atoms with Gasteiger partial charge in [0.15, 0.2) is 0 Å². The number of hydrogen-bond acceptors (Lipinski definition) is 3. The van der Waals surface area contributed by atoms with Crippen molar-refractivity contribution in [3.63, 3.8) is 0 Å². The summed E-state index contributed by atoms with van der Waals surface area (Å²) in [7, 11) is 0. The predicted molar refractivity (Wildman–Crippen MR) is 80.7 cm³/mol. The highest BCUT2D eigenvalue weighted by molar-refractivity contribution is 7.98. The minimum atomic E-state index is -0.603. The van der Waals surface area contributed by atoms with Gasteiger partial charge in [0.05, 0.1) is 0 Å². The molecule has 2 rings (SSSR count). The van der Waals surface area contributed by atoms with Crippen molar-refractivity contribution in [2.75, 3.05) is 18.6 Å². The number of aliphatic carboxylic acids is 1. The van der Waals surface area contributed by atoms with Crippen LogP contribution in [0.2, 0.25) is 0 Å². The van der Waals surface area contributed by atoms with E-state index in [1.54, 1.807) is 0 Å². The van der Waals surface area contributed by atoms with Crippen LogP contribution in [0.4, 0.5) is 0 Å².